The van der Waals surface area contributed by atoms with E-state index in [0.29, 0.717) is 6.04 Å². The summed E-state index contributed by atoms with van der Waals surface area (Å²) in [6, 6.07) is 5.38. The van der Waals surface area contributed by atoms with E-state index in [1.165, 1.54) is 31.1 Å². The molecule has 1 aliphatic carbocycles. The zero-order chi connectivity index (χ0) is 17.6. The largest absolute Gasteiger partial charge is 0.361 e. The Kier molecular flexibility index (Phi) is 6.24. The number of H-pyrrole nitrogens is 1. The number of nitrogens with zero attached hydrogens (tertiary/aromatic N) is 1. The molecule has 25 heavy (non-hydrogen) atoms. The van der Waals surface area contributed by atoms with Crippen LogP contribution in [0.1, 0.15) is 31.7 Å². The second-order valence-electron chi connectivity index (χ2n) is 6.48. The third-order valence-electron chi connectivity index (χ3n) is 4.77. The maximum absolute atomic E-state index is 13.5. The van der Waals surface area contributed by atoms with E-state index < -0.39 is 0 Å². The molecule has 1 fully saturated rings. The first-order valence-corrected chi connectivity index (χ1v) is 10.1. The molecule has 136 valence electrons. The highest BCUT2D eigenvalue weighted by molar-refractivity contribution is 7.99. The molecule has 1 aromatic heterocycles. The standard InChI is InChI=1S/C19H27FN4S/c1-3-25-16-6-5-15(11-16)24-19(21-2)22-9-8-13-12-23-18-7-4-14(20)10-17(13)18/h4,7,10,12,15-16,23H,3,5-6,8-9,11H2,1-2H3,(H2,21,22,24). The highest BCUT2D eigenvalue weighted by Crippen LogP contribution is 2.29. The lowest BCUT2D eigenvalue weighted by Gasteiger charge is -2.17. The van der Waals surface area contributed by atoms with Crippen molar-refractivity contribution in [1.82, 2.24) is 15.6 Å². The number of thioether (sulfide) groups is 1. The quantitative estimate of drug-likeness (QED) is 0.543. The summed E-state index contributed by atoms with van der Waals surface area (Å²) in [4.78, 5) is 7.54. The minimum atomic E-state index is -0.195. The molecule has 0 spiro atoms. The van der Waals surface area contributed by atoms with Crippen LogP contribution in [0.5, 0.6) is 0 Å². The number of guanidine groups is 1. The van der Waals surface area contributed by atoms with Gasteiger partial charge in [-0.25, -0.2) is 4.39 Å². The van der Waals surface area contributed by atoms with Gasteiger partial charge in [0.1, 0.15) is 5.82 Å². The highest BCUT2D eigenvalue weighted by Gasteiger charge is 2.25. The van der Waals surface area contributed by atoms with Crippen molar-refractivity contribution in [2.24, 2.45) is 4.99 Å². The summed E-state index contributed by atoms with van der Waals surface area (Å²) in [5.74, 6) is 1.85. The van der Waals surface area contributed by atoms with Crippen LogP contribution in [0.3, 0.4) is 0 Å². The summed E-state index contributed by atoms with van der Waals surface area (Å²) in [7, 11) is 1.81. The Morgan fingerprint density at radius 1 is 1.40 bits per heavy atom. The molecular weight excluding hydrogens is 335 g/mol. The summed E-state index contributed by atoms with van der Waals surface area (Å²) in [5.41, 5.74) is 2.10. The van der Waals surface area contributed by atoms with Crippen molar-refractivity contribution in [2.75, 3.05) is 19.3 Å². The minimum absolute atomic E-state index is 0.195. The summed E-state index contributed by atoms with van der Waals surface area (Å²) in [5, 5.41) is 8.66. The number of aliphatic imine (C=N–C) groups is 1. The van der Waals surface area contributed by atoms with Crippen molar-refractivity contribution < 1.29 is 4.39 Å². The van der Waals surface area contributed by atoms with E-state index in [-0.39, 0.29) is 5.82 Å². The Hall–Kier alpha value is -1.69. The van der Waals surface area contributed by atoms with Crippen LogP contribution in [0.4, 0.5) is 4.39 Å². The lowest BCUT2D eigenvalue weighted by atomic mass is 10.1. The Morgan fingerprint density at radius 2 is 2.28 bits per heavy atom. The monoisotopic (exact) mass is 362 g/mol. The predicted octanol–water partition coefficient (Wildman–Crippen LogP) is 3.69. The molecule has 4 nitrogen and oxygen atoms in total. The molecule has 0 aliphatic heterocycles. The molecule has 2 atom stereocenters. The Labute approximate surface area is 153 Å². The first-order chi connectivity index (χ1) is 12.2. The molecule has 1 aromatic carbocycles. The maximum atomic E-state index is 13.5. The van der Waals surface area contributed by atoms with Crippen molar-refractivity contribution in [3.8, 4) is 0 Å². The average Bonchev–Trinajstić information content (AvgIpc) is 3.21. The van der Waals surface area contributed by atoms with Crippen molar-refractivity contribution in [3.63, 3.8) is 0 Å². The fraction of sp³-hybridized carbons (Fsp3) is 0.526. The normalized spacial score (nSPS) is 21.0. The van der Waals surface area contributed by atoms with Gasteiger partial charge >= 0.3 is 0 Å². The van der Waals surface area contributed by atoms with Crippen molar-refractivity contribution in [3.05, 3.63) is 35.8 Å². The Bertz CT molecular complexity index is 727. The smallest absolute Gasteiger partial charge is 0.191 e. The number of halogens is 1. The van der Waals surface area contributed by atoms with Crippen LogP contribution in [0.25, 0.3) is 10.9 Å². The summed E-state index contributed by atoms with van der Waals surface area (Å²) < 4.78 is 13.5. The zero-order valence-electron chi connectivity index (χ0n) is 14.9. The van der Waals surface area contributed by atoms with E-state index in [1.807, 2.05) is 13.2 Å². The highest BCUT2D eigenvalue weighted by atomic mass is 32.2. The van der Waals surface area contributed by atoms with Gasteiger partial charge in [0.15, 0.2) is 5.96 Å². The van der Waals surface area contributed by atoms with Gasteiger partial charge in [-0.2, -0.15) is 11.8 Å². The van der Waals surface area contributed by atoms with Gasteiger partial charge in [0.05, 0.1) is 0 Å². The Balaban J connectivity index is 1.49. The topological polar surface area (TPSA) is 52.2 Å². The van der Waals surface area contributed by atoms with E-state index in [9.17, 15) is 4.39 Å². The second kappa shape index (κ2) is 8.61. The number of benzene rings is 1. The van der Waals surface area contributed by atoms with E-state index in [2.05, 4.69) is 39.3 Å². The average molecular weight is 363 g/mol. The first kappa shape index (κ1) is 18.1. The van der Waals surface area contributed by atoms with Gasteiger partial charge in [-0.1, -0.05) is 6.92 Å². The van der Waals surface area contributed by atoms with Gasteiger partial charge in [0, 0.05) is 42.0 Å². The number of nitrogens with one attached hydrogen (secondary N) is 3. The number of hydrogen-bond donors (Lipinski definition) is 3. The molecule has 2 unspecified atom stereocenters. The molecule has 3 N–H and O–H groups in total. The summed E-state index contributed by atoms with van der Waals surface area (Å²) in [6.45, 7) is 2.99. The zero-order valence-corrected chi connectivity index (χ0v) is 15.8. The van der Waals surface area contributed by atoms with E-state index >= 15 is 0 Å². The van der Waals surface area contributed by atoms with Crippen LogP contribution in [0, 0.1) is 5.82 Å². The fourth-order valence-corrected chi connectivity index (χ4v) is 4.66. The van der Waals surface area contributed by atoms with Crippen molar-refractivity contribution >= 4 is 28.6 Å². The van der Waals surface area contributed by atoms with E-state index in [0.717, 1.165) is 40.6 Å². The molecule has 0 amide bonds. The summed E-state index contributed by atoms with van der Waals surface area (Å²) in [6.07, 6.45) is 6.49. The van der Waals surface area contributed by atoms with Gasteiger partial charge in [-0.05, 0) is 55.2 Å². The molecular formula is C19H27FN4S. The third-order valence-corrected chi connectivity index (χ3v) is 6.00. The SMILES string of the molecule is CCSC1CCC(NC(=NC)NCCc2c[nH]c3ccc(F)cc23)C1. The number of rotatable bonds is 6. The van der Waals surface area contributed by atoms with Crippen molar-refractivity contribution in [2.45, 2.75) is 43.9 Å². The van der Waals surface area contributed by atoms with Gasteiger partial charge in [-0.3, -0.25) is 4.99 Å². The van der Waals surface area contributed by atoms with Crippen molar-refractivity contribution in [1.29, 1.82) is 0 Å². The molecule has 0 bridgehead atoms. The van der Waals surface area contributed by atoms with Crippen LogP contribution in [-0.4, -0.2) is 41.6 Å². The minimum Gasteiger partial charge on any atom is -0.361 e. The van der Waals surface area contributed by atoms with Crippen LogP contribution >= 0.6 is 11.8 Å². The maximum Gasteiger partial charge on any atom is 0.191 e. The third kappa shape index (κ3) is 4.69. The number of fused-ring (bicyclic) bond motifs is 1. The fourth-order valence-electron chi connectivity index (χ4n) is 3.52. The van der Waals surface area contributed by atoms with Crippen LogP contribution in [0.2, 0.25) is 0 Å². The Morgan fingerprint density at radius 3 is 3.08 bits per heavy atom. The van der Waals surface area contributed by atoms with Gasteiger partial charge in [0.2, 0.25) is 0 Å². The van der Waals surface area contributed by atoms with Gasteiger partial charge < -0.3 is 15.6 Å². The molecule has 2 aromatic rings. The van der Waals surface area contributed by atoms with Crippen LogP contribution in [-0.2, 0) is 6.42 Å². The molecule has 1 saturated carbocycles. The lowest BCUT2D eigenvalue weighted by molar-refractivity contribution is 0.614. The molecule has 0 radical (unpaired) electrons. The first-order valence-electron chi connectivity index (χ1n) is 9.04. The number of hydrogen-bond acceptors (Lipinski definition) is 2. The lowest BCUT2D eigenvalue weighted by Crippen LogP contribution is -2.43. The van der Waals surface area contributed by atoms with E-state index in [4.69, 9.17) is 0 Å². The second-order valence-corrected chi connectivity index (χ2v) is 8.06. The van der Waals surface area contributed by atoms with Gasteiger partial charge in [0.25, 0.3) is 0 Å². The molecule has 1 aliphatic rings. The van der Waals surface area contributed by atoms with Gasteiger partial charge in [-0.15, -0.1) is 0 Å². The molecule has 3 rings (SSSR count). The molecule has 1 heterocycles. The molecule has 6 heteroatoms. The number of aromatic nitrogens is 1. The van der Waals surface area contributed by atoms with E-state index in [1.54, 1.807) is 12.1 Å². The summed E-state index contributed by atoms with van der Waals surface area (Å²) >= 11 is 2.06. The molecule has 0 saturated heterocycles. The van der Waals surface area contributed by atoms with Crippen LogP contribution in [0.15, 0.2) is 29.4 Å². The number of aromatic amines is 1. The van der Waals surface area contributed by atoms with Crippen LogP contribution < -0.4 is 10.6 Å². The predicted molar refractivity (Wildman–Crippen MR) is 106 cm³/mol.